The van der Waals surface area contributed by atoms with E-state index in [4.69, 9.17) is 20.6 Å². The number of ether oxygens (including phenoxy) is 3. The lowest BCUT2D eigenvalue weighted by Crippen LogP contribution is -2.12. The standard InChI is InChI=1S/C23H23BrN4O5S/c1-5-11-33-22-19(24)12-16(13-20(22)31-4)21(14-27(29)30)34-23-26-25-15(3)28(23)17-7-9-18(10-8-17)32-6-2/h1,7-10,12-13,21H,6,11,14H2,2-4H3/t21-/m1/s1. The Labute approximate surface area is 210 Å². The second-order valence-corrected chi connectivity index (χ2v) is 8.97. The van der Waals surface area contributed by atoms with E-state index < -0.39 is 5.25 Å². The maximum Gasteiger partial charge on any atom is 0.220 e. The lowest BCUT2D eigenvalue weighted by molar-refractivity contribution is -0.479. The monoisotopic (exact) mass is 546 g/mol. The third-order valence-electron chi connectivity index (χ3n) is 4.69. The van der Waals surface area contributed by atoms with Gasteiger partial charge < -0.3 is 14.2 Å². The van der Waals surface area contributed by atoms with E-state index in [1.54, 1.807) is 12.1 Å². The summed E-state index contributed by atoms with van der Waals surface area (Å²) in [6.07, 6.45) is 5.29. The molecule has 1 atom stereocenters. The predicted octanol–water partition coefficient (Wildman–Crippen LogP) is 4.87. The molecule has 3 rings (SSSR count). The Kier molecular flexibility index (Phi) is 8.79. The average Bonchev–Trinajstić information content (AvgIpc) is 3.17. The quantitative estimate of drug-likeness (QED) is 0.145. The molecule has 0 aliphatic rings. The summed E-state index contributed by atoms with van der Waals surface area (Å²) in [7, 11) is 1.50. The predicted molar refractivity (Wildman–Crippen MR) is 133 cm³/mol. The van der Waals surface area contributed by atoms with Crippen LogP contribution in [0.1, 0.15) is 23.6 Å². The normalized spacial score (nSPS) is 11.5. The summed E-state index contributed by atoms with van der Waals surface area (Å²) >= 11 is 4.71. The van der Waals surface area contributed by atoms with Crippen LogP contribution in [0.15, 0.2) is 46.0 Å². The van der Waals surface area contributed by atoms with Crippen LogP contribution in [-0.4, -0.2) is 46.6 Å². The van der Waals surface area contributed by atoms with Crippen LogP contribution in [0.2, 0.25) is 0 Å². The van der Waals surface area contributed by atoms with E-state index in [9.17, 15) is 10.1 Å². The largest absolute Gasteiger partial charge is 0.494 e. The molecule has 3 aromatic rings. The molecular weight excluding hydrogens is 524 g/mol. The van der Waals surface area contributed by atoms with Gasteiger partial charge in [-0.3, -0.25) is 14.7 Å². The Balaban J connectivity index is 1.98. The third kappa shape index (κ3) is 6.01. The molecule has 178 valence electrons. The SMILES string of the molecule is C#CCOc1c(Br)cc([C@@H](C[N+](=O)[O-])Sc2nnc(C)n2-c2ccc(OCC)cc2)cc1OC. The van der Waals surface area contributed by atoms with Gasteiger partial charge in [0.15, 0.2) is 16.7 Å². The van der Waals surface area contributed by atoms with E-state index in [2.05, 4.69) is 32.0 Å². The van der Waals surface area contributed by atoms with E-state index in [1.165, 1.54) is 18.9 Å². The first-order valence-corrected chi connectivity index (χ1v) is 11.9. The Hall–Kier alpha value is -3.23. The lowest BCUT2D eigenvalue weighted by Gasteiger charge is -2.18. The van der Waals surface area contributed by atoms with Crippen molar-refractivity contribution < 1.29 is 19.1 Å². The molecule has 11 heteroatoms. The molecule has 0 bridgehead atoms. The maximum absolute atomic E-state index is 11.5. The number of hydrogen-bond donors (Lipinski definition) is 0. The van der Waals surface area contributed by atoms with Crippen molar-refractivity contribution in [3.8, 4) is 35.3 Å². The Bertz CT molecular complexity index is 1190. The van der Waals surface area contributed by atoms with E-state index in [0.29, 0.717) is 39.1 Å². The minimum Gasteiger partial charge on any atom is -0.494 e. The van der Waals surface area contributed by atoms with Crippen LogP contribution in [0.3, 0.4) is 0 Å². The highest BCUT2D eigenvalue weighted by Gasteiger charge is 2.26. The molecule has 1 aromatic heterocycles. The first kappa shape index (κ1) is 25.4. The van der Waals surface area contributed by atoms with Crippen molar-refractivity contribution in [2.45, 2.75) is 24.3 Å². The van der Waals surface area contributed by atoms with Gasteiger partial charge in [-0.1, -0.05) is 17.7 Å². The van der Waals surface area contributed by atoms with Gasteiger partial charge in [-0.15, -0.1) is 16.6 Å². The maximum atomic E-state index is 11.5. The molecule has 2 aromatic carbocycles. The zero-order valence-electron chi connectivity index (χ0n) is 18.9. The molecule has 34 heavy (non-hydrogen) atoms. The van der Waals surface area contributed by atoms with E-state index in [0.717, 1.165) is 11.4 Å². The Morgan fingerprint density at radius 1 is 1.26 bits per heavy atom. The highest BCUT2D eigenvalue weighted by Crippen LogP contribution is 2.43. The van der Waals surface area contributed by atoms with Crippen LogP contribution >= 0.6 is 27.7 Å². The number of halogens is 1. The van der Waals surface area contributed by atoms with Crippen LogP contribution in [0.5, 0.6) is 17.2 Å². The molecular formula is C23H23BrN4O5S. The minimum atomic E-state index is -0.577. The summed E-state index contributed by atoms with van der Waals surface area (Å²) in [6.45, 7) is 4.04. The Morgan fingerprint density at radius 2 is 2.00 bits per heavy atom. The number of hydrogen-bond acceptors (Lipinski definition) is 8. The number of benzene rings is 2. The molecule has 0 unspecified atom stereocenters. The molecule has 0 saturated carbocycles. The summed E-state index contributed by atoms with van der Waals surface area (Å²) in [5.41, 5.74) is 1.49. The topological polar surface area (TPSA) is 102 Å². The number of aromatic nitrogens is 3. The molecule has 0 aliphatic heterocycles. The van der Waals surface area contributed by atoms with E-state index >= 15 is 0 Å². The fourth-order valence-corrected chi connectivity index (χ4v) is 4.96. The van der Waals surface area contributed by atoms with Crippen LogP contribution < -0.4 is 14.2 Å². The fraction of sp³-hybridized carbons (Fsp3) is 0.304. The van der Waals surface area contributed by atoms with Gasteiger partial charge in [-0.05, 0) is 71.7 Å². The smallest absolute Gasteiger partial charge is 0.220 e. The summed E-state index contributed by atoms with van der Waals surface area (Å²) < 4.78 is 19.0. The van der Waals surface area contributed by atoms with Crippen LogP contribution in [0.25, 0.3) is 5.69 Å². The van der Waals surface area contributed by atoms with Gasteiger partial charge >= 0.3 is 0 Å². The summed E-state index contributed by atoms with van der Waals surface area (Å²) in [5, 5.41) is 19.9. The second-order valence-electron chi connectivity index (χ2n) is 6.94. The van der Waals surface area contributed by atoms with Crippen molar-refractivity contribution in [2.24, 2.45) is 0 Å². The summed E-state index contributed by atoms with van der Waals surface area (Å²) in [6, 6.07) is 11.0. The number of nitro groups is 1. The number of thioether (sulfide) groups is 1. The van der Waals surface area contributed by atoms with Crippen molar-refractivity contribution in [2.75, 3.05) is 26.9 Å². The summed E-state index contributed by atoms with van der Waals surface area (Å²) in [5.74, 6) is 4.66. The van der Waals surface area contributed by atoms with Crippen molar-refractivity contribution in [3.63, 3.8) is 0 Å². The highest BCUT2D eigenvalue weighted by atomic mass is 79.9. The number of aryl methyl sites for hydroxylation is 1. The number of nitrogens with zero attached hydrogens (tertiary/aromatic N) is 4. The van der Waals surface area contributed by atoms with Gasteiger partial charge in [0.2, 0.25) is 6.54 Å². The van der Waals surface area contributed by atoms with Crippen molar-refractivity contribution in [1.82, 2.24) is 14.8 Å². The van der Waals surface area contributed by atoms with Crippen molar-refractivity contribution in [1.29, 1.82) is 0 Å². The molecule has 0 amide bonds. The Morgan fingerprint density at radius 3 is 2.62 bits per heavy atom. The molecule has 0 saturated heterocycles. The first-order chi connectivity index (χ1) is 16.4. The average molecular weight is 547 g/mol. The molecule has 0 fully saturated rings. The number of rotatable bonds is 11. The highest BCUT2D eigenvalue weighted by molar-refractivity contribution is 9.10. The first-order valence-electron chi connectivity index (χ1n) is 10.2. The van der Waals surface area contributed by atoms with Crippen LogP contribution in [0.4, 0.5) is 0 Å². The van der Waals surface area contributed by atoms with Crippen LogP contribution in [-0.2, 0) is 0 Å². The van der Waals surface area contributed by atoms with E-state index in [-0.39, 0.29) is 18.1 Å². The van der Waals surface area contributed by atoms with Gasteiger partial charge in [-0.2, -0.15) is 0 Å². The van der Waals surface area contributed by atoms with Crippen molar-refractivity contribution in [3.05, 3.63) is 62.4 Å². The second kappa shape index (κ2) is 11.8. The fourth-order valence-electron chi connectivity index (χ4n) is 3.23. The third-order valence-corrected chi connectivity index (χ3v) is 6.46. The summed E-state index contributed by atoms with van der Waals surface area (Å²) in [4.78, 5) is 11.2. The van der Waals surface area contributed by atoms with Crippen LogP contribution in [0, 0.1) is 29.4 Å². The number of terminal acetylenes is 1. The molecule has 0 radical (unpaired) electrons. The van der Waals surface area contributed by atoms with Gasteiger partial charge in [0.25, 0.3) is 0 Å². The molecule has 0 N–H and O–H groups in total. The van der Waals surface area contributed by atoms with E-state index in [1.807, 2.05) is 42.7 Å². The van der Waals surface area contributed by atoms with Crippen molar-refractivity contribution >= 4 is 27.7 Å². The van der Waals surface area contributed by atoms with Gasteiger partial charge in [-0.25, -0.2) is 0 Å². The lowest BCUT2D eigenvalue weighted by atomic mass is 10.1. The molecule has 9 nitrogen and oxygen atoms in total. The molecule has 1 heterocycles. The molecule has 0 aliphatic carbocycles. The zero-order valence-corrected chi connectivity index (χ0v) is 21.3. The zero-order chi connectivity index (χ0) is 24.7. The number of methoxy groups -OCH3 is 1. The molecule has 0 spiro atoms. The van der Waals surface area contributed by atoms with Gasteiger partial charge in [0, 0.05) is 10.6 Å². The van der Waals surface area contributed by atoms with Gasteiger partial charge in [0.1, 0.15) is 23.4 Å². The van der Waals surface area contributed by atoms with Gasteiger partial charge in [0.05, 0.1) is 18.2 Å². The minimum absolute atomic E-state index is 0.0614.